The zero-order chi connectivity index (χ0) is 21.2. The monoisotopic (exact) mass is 413 g/mol. The van der Waals surface area contributed by atoms with Gasteiger partial charge in [0.05, 0.1) is 12.1 Å². The third kappa shape index (κ3) is 7.71. The molecule has 0 saturated heterocycles. The van der Waals surface area contributed by atoms with Crippen LogP contribution >= 0.6 is 0 Å². The van der Waals surface area contributed by atoms with Crippen molar-refractivity contribution in [2.45, 2.75) is 110 Å². The van der Waals surface area contributed by atoms with Gasteiger partial charge in [0.15, 0.2) is 0 Å². The van der Waals surface area contributed by atoms with Gasteiger partial charge in [-0.15, -0.1) is 0 Å². The normalized spacial score (nSPS) is 27.0. The van der Waals surface area contributed by atoms with Crippen molar-refractivity contribution in [2.24, 2.45) is 23.7 Å². The molecule has 1 aromatic heterocycles. The highest BCUT2D eigenvalue weighted by Gasteiger charge is 2.29. The van der Waals surface area contributed by atoms with Crippen molar-refractivity contribution in [2.75, 3.05) is 0 Å². The molecular weight excluding hydrogens is 370 g/mol. The Morgan fingerprint density at radius 2 is 1.47 bits per heavy atom. The van der Waals surface area contributed by atoms with Crippen LogP contribution in [0.5, 0.6) is 5.75 Å². The van der Waals surface area contributed by atoms with Crippen molar-refractivity contribution >= 4 is 5.97 Å². The molecular formula is C27H43NO2. The molecule has 2 fully saturated rings. The van der Waals surface area contributed by atoms with Gasteiger partial charge in [-0.2, -0.15) is 0 Å². The van der Waals surface area contributed by atoms with Crippen LogP contribution in [0, 0.1) is 30.6 Å². The van der Waals surface area contributed by atoms with Crippen molar-refractivity contribution in [3.05, 3.63) is 24.0 Å². The number of carbonyl (C=O) groups is 1. The van der Waals surface area contributed by atoms with E-state index >= 15 is 0 Å². The first-order valence-corrected chi connectivity index (χ1v) is 12.8. The largest absolute Gasteiger partial charge is 0.425 e. The molecule has 0 N–H and O–H groups in total. The molecule has 3 nitrogen and oxygen atoms in total. The van der Waals surface area contributed by atoms with E-state index in [1.807, 2.05) is 19.1 Å². The van der Waals surface area contributed by atoms with Crippen LogP contribution in [-0.2, 0) is 4.79 Å². The second-order valence-electron chi connectivity index (χ2n) is 10.1. The van der Waals surface area contributed by atoms with Gasteiger partial charge in [-0.1, -0.05) is 77.6 Å². The maximum atomic E-state index is 12.5. The second kappa shape index (κ2) is 12.5. The number of aryl methyl sites for hydroxylation is 1. The summed E-state index contributed by atoms with van der Waals surface area (Å²) < 4.78 is 5.55. The molecule has 2 aliphatic rings. The fourth-order valence-electron chi connectivity index (χ4n) is 5.54. The molecule has 30 heavy (non-hydrogen) atoms. The number of hydrogen-bond donors (Lipinski definition) is 0. The summed E-state index contributed by atoms with van der Waals surface area (Å²) in [4.78, 5) is 16.7. The van der Waals surface area contributed by atoms with Crippen LogP contribution in [0.1, 0.15) is 109 Å². The number of pyridine rings is 1. The summed E-state index contributed by atoms with van der Waals surface area (Å²) in [7, 11) is 0. The molecule has 0 unspecified atom stereocenters. The molecule has 1 aromatic rings. The van der Waals surface area contributed by atoms with Crippen molar-refractivity contribution in [1.29, 1.82) is 0 Å². The third-order valence-corrected chi connectivity index (χ3v) is 7.70. The van der Waals surface area contributed by atoms with Gasteiger partial charge in [-0.25, -0.2) is 0 Å². The van der Waals surface area contributed by atoms with Gasteiger partial charge >= 0.3 is 5.97 Å². The first-order valence-electron chi connectivity index (χ1n) is 12.8. The summed E-state index contributed by atoms with van der Waals surface area (Å²) >= 11 is 0. The van der Waals surface area contributed by atoms with E-state index in [9.17, 15) is 4.79 Å². The average molecular weight is 414 g/mol. The molecule has 3 rings (SSSR count). The van der Waals surface area contributed by atoms with Gasteiger partial charge < -0.3 is 4.74 Å². The summed E-state index contributed by atoms with van der Waals surface area (Å²) in [5, 5.41) is 0. The van der Waals surface area contributed by atoms with E-state index in [2.05, 4.69) is 11.9 Å². The van der Waals surface area contributed by atoms with Crippen molar-refractivity contribution < 1.29 is 9.53 Å². The highest BCUT2D eigenvalue weighted by molar-refractivity contribution is 5.75. The third-order valence-electron chi connectivity index (χ3n) is 7.70. The minimum absolute atomic E-state index is 0.0589. The van der Waals surface area contributed by atoms with Crippen molar-refractivity contribution in [1.82, 2.24) is 4.98 Å². The van der Waals surface area contributed by atoms with Gasteiger partial charge in [0.25, 0.3) is 0 Å². The van der Waals surface area contributed by atoms with Crippen LogP contribution in [0.15, 0.2) is 18.3 Å². The Labute approximate surface area is 184 Å². The lowest BCUT2D eigenvalue weighted by Gasteiger charge is -2.31. The first kappa shape index (κ1) is 23.3. The summed E-state index contributed by atoms with van der Waals surface area (Å²) in [6.45, 7) is 4.24. The lowest BCUT2D eigenvalue weighted by atomic mass is 9.75. The molecule has 0 amide bonds. The molecule has 0 bridgehead atoms. The average Bonchev–Trinajstić information content (AvgIpc) is 2.78. The molecule has 1 heterocycles. The Bertz CT molecular complexity index is 610. The molecule has 0 spiro atoms. The second-order valence-corrected chi connectivity index (χ2v) is 10.1. The molecule has 0 aromatic carbocycles. The first-order chi connectivity index (χ1) is 14.6. The molecule has 0 atom stereocenters. The molecule has 2 saturated carbocycles. The van der Waals surface area contributed by atoms with Crippen LogP contribution in [0.4, 0.5) is 0 Å². The smallest absolute Gasteiger partial charge is 0.314 e. The van der Waals surface area contributed by atoms with Crippen molar-refractivity contribution in [3.63, 3.8) is 0 Å². The highest BCUT2D eigenvalue weighted by Crippen LogP contribution is 2.38. The fraction of sp³-hybridized carbons (Fsp3) is 0.778. The Hall–Kier alpha value is -1.38. The number of carbonyl (C=O) groups excluding carboxylic acids is 1. The molecule has 0 aliphatic heterocycles. The lowest BCUT2D eigenvalue weighted by molar-refractivity contribution is -0.140. The fourth-order valence-corrected chi connectivity index (χ4v) is 5.54. The van der Waals surface area contributed by atoms with Gasteiger partial charge in [0.1, 0.15) is 5.75 Å². The number of hydrogen-bond acceptors (Lipinski definition) is 3. The highest BCUT2D eigenvalue weighted by atomic mass is 16.5. The van der Waals surface area contributed by atoms with Gasteiger partial charge in [0.2, 0.25) is 0 Å². The Morgan fingerprint density at radius 3 is 2.03 bits per heavy atom. The summed E-state index contributed by atoms with van der Waals surface area (Å²) in [6, 6.07) is 3.73. The van der Waals surface area contributed by atoms with E-state index < -0.39 is 0 Å². The number of unbranched alkanes of at least 4 members (excludes halogenated alkanes) is 3. The van der Waals surface area contributed by atoms with Crippen LogP contribution in [0.25, 0.3) is 0 Å². The van der Waals surface area contributed by atoms with Crippen LogP contribution in [0.2, 0.25) is 0 Å². The van der Waals surface area contributed by atoms with Crippen molar-refractivity contribution in [3.8, 4) is 5.75 Å². The summed E-state index contributed by atoms with van der Waals surface area (Å²) in [5.41, 5.74) is 0.941. The lowest BCUT2D eigenvalue weighted by Crippen LogP contribution is -2.26. The number of aromatic nitrogens is 1. The number of nitrogens with zero attached hydrogens (tertiary/aromatic N) is 1. The standard InChI is InChI=1S/C27H43NO2/c1-3-4-5-6-7-22-9-11-23(12-10-22)13-14-24-15-17-25(18-16-24)27(29)30-26-19-8-21(2)28-20-26/h8,19-20,22-25H,3-7,9-18H2,1-2H3/t22-,23-,24-,25-. The summed E-state index contributed by atoms with van der Waals surface area (Å²) in [5.74, 6) is 3.40. The van der Waals surface area contributed by atoms with E-state index in [4.69, 9.17) is 4.74 Å². The predicted octanol–water partition coefficient (Wildman–Crippen LogP) is 7.66. The Kier molecular flexibility index (Phi) is 9.68. The molecule has 168 valence electrons. The van der Waals surface area contributed by atoms with E-state index in [1.165, 1.54) is 83.5 Å². The minimum atomic E-state index is -0.0589. The maximum Gasteiger partial charge on any atom is 0.314 e. The zero-order valence-corrected chi connectivity index (χ0v) is 19.4. The maximum absolute atomic E-state index is 12.5. The SMILES string of the molecule is CCCCCC[C@H]1CC[C@H](CC[C@H]2CC[C@H](C(=O)Oc3ccc(C)nc3)CC2)CC1. The molecule has 3 heteroatoms. The summed E-state index contributed by atoms with van der Waals surface area (Å²) in [6.07, 6.45) is 21.8. The molecule has 0 radical (unpaired) electrons. The number of esters is 1. The van der Waals surface area contributed by atoms with E-state index in [0.29, 0.717) is 5.75 Å². The zero-order valence-electron chi connectivity index (χ0n) is 19.4. The van der Waals surface area contributed by atoms with Gasteiger partial charge in [-0.3, -0.25) is 9.78 Å². The van der Waals surface area contributed by atoms with E-state index in [1.54, 1.807) is 6.20 Å². The van der Waals surface area contributed by atoms with Crippen LogP contribution in [0.3, 0.4) is 0 Å². The minimum Gasteiger partial charge on any atom is -0.425 e. The predicted molar refractivity (Wildman–Crippen MR) is 123 cm³/mol. The number of rotatable bonds is 10. The van der Waals surface area contributed by atoms with Gasteiger partial charge in [0, 0.05) is 5.69 Å². The quantitative estimate of drug-likeness (QED) is 0.292. The van der Waals surface area contributed by atoms with Gasteiger partial charge in [-0.05, 0) is 62.5 Å². The topological polar surface area (TPSA) is 39.2 Å². The Morgan fingerprint density at radius 1 is 0.867 bits per heavy atom. The van der Waals surface area contributed by atoms with Crippen LogP contribution < -0.4 is 4.74 Å². The van der Waals surface area contributed by atoms with E-state index in [0.717, 1.165) is 36.3 Å². The Balaban J connectivity index is 1.27. The van der Waals surface area contributed by atoms with E-state index in [-0.39, 0.29) is 11.9 Å². The number of ether oxygens (including phenoxy) is 1. The van der Waals surface area contributed by atoms with Crippen LogP contribution in [-0.4, -0.2) is 11.0 Å². The molecule has 2 aliphatic carbocycles.